The van der Waals surface area contributed by atoms with Crippen molar-refractivity contribution in [3.8, 4) is 0 Å². The number of furan rings is 1. The number of hydrogen-bond donors (Lipinski definition) is 1. The molecule has 0 radical (unpaired) electrons. The third-order valence-electron chi connectivity index (χ3n) is 5.28. The fourth-order valence-electron chi connectivity index (χ4n) is 3.57. The monoisotopic (exact) mass is 421 g/mol. The normalized spacial score (nSPS) is 11.8. The standard InChI is InChI=1S/C25H31N3O3/c1-4-15-28(24(29)5-2)17-21-12-9-16-27(21)18-22-13-14-23(31-22)25(30)26-19(3)20-10-7-6-8-11-20/h6-14,16,19H,4-5,15,17-18H2,1-3H3,(H,26,30)/t19-/m1/s1. The predicted molar refractivity (Wildman–Crippen MR) is 121 cm³/mol. The Morgan fingerprint density at radius 3 is 2.55 bits per heavy atom. The molecule has 0 saturated carbocycles. The quantitative estimate of drug-likeness (QED) is 0.513. The van der Waals surface area contributed by atoms with Crippen LogP contribution < -0.4 is 5.32 Å². The lowest BCUT2D eigenvalue weighted by atomic mass is 10.1. The molecule has 0 aliphatic heterocycles. The Balaban J connectivity index is 1.64. The first kappa shape index (κ1) is 22.4. The lowest BCUT2D eigenvalue weighted by Gasteiger charge is -2.22. The van der Waals surface area contributed by atoms with Crippen LogP contribution in [0.25, 0.3) is 0 Å². The molecular formula is C25H31N3O3. The first-order valence-electron chi connectivity index (χ1n) is 10.9. The van der Waals surface area contributed by atoms with Gasteiger partial charge in [-0.25, -0.2) is 0 Å². The number of amides is 2. The molecule has 0 saturated heterocycles. The summed E-state index contributed by atoms with van der Waals surface area (Å²) in [7, 11) is 0. The van der Waals surface area contributed by atoms with Gasteiger partial charge in [0, 0.05) is 24.9 Å². The van der Waals surface area contributed by atoms with Gasteiger partial charge in [0.25, 0.3) is 5.91 Å². The molecule has 0 aliphatic carbocycles. The summed E-state index contributed by atoms with van der Waals surface area (Å²) in [5, 5.41) is 2.97. The largest absolute Gasteiger partial charge is 0.454 e. The highest BCUT2D eigenvalue weighted by atomic mass is 16.4. The van der Waals surface area contributed by atoms with Crippen LogP contribution in [0.1, 0.15) is 67.2 Å². The number of hydrogen-bond acceptors (Lipinski definition) is 3. The van der Waals surface area contributed by atoms with E-state index in [9.17, 15) is 9.59 Å². The molecule has 0 aliphatic rings. The van der Waals surface area contributed by atoms with E-state index in [4.69, 9.17) is 4.42 Å². The Hall–Kier alpha value is -3.28. The zero-order valence-corrected chi connectivity index (χ0v) is 18.5. The molecule has 0 unspecified atom stereocenters. The Morgan fingerprint density at radius 1 is 1.06 bits per heavy atom. The summed E-state index contributed by atoms with van der Waals surface area (Å²) in [5.41, 5.74) is 2.08. The highest BCUT2D eigenvalue weighted by Crippen LogP contribution is 2.16. The van der Waals surface area contributed by atoms with Crippen molar-refractivity contribution in [1.82, 2.24) is 14.8 Å². The van der Waals surface area contributed by atoms with Crippen LogP contribution in [0.15, 0.2) is 65.2 Å². The van der Waals surface area contributed by atoms with E-state index in [1.807, 2.05) is 73.5 Å². The second-order valence-corrected chi connectivity index (χ2v) is 7.67. The fraction of sp³-hybridized carbons (Fsp3) is 0.360. The summed E-state index contributed by atoms with van der Waals surface area (Å²) in [6.45, 7) is 7.72. The second kappa shape index (κ2) is 10.7. The van der Waals surface area contributed by atoms with Gasteiger partial charge in [-0.1, -0.05) is 44.2 Å². The summed E-state index contributed by atoms with van der Waals surface area (Å²) in [5.74, 6) is 0.899. The molecule has 6 nitrogen and oxygen atoms in total. The van der Waals surface area contributed by atoms with Crippen LogP contribution >= 0.6 is 0 Å². The van der Waals surface area contributed by atoms with Gasteiger partial charge in [-0.3, -0.25) is 9.59 Å². The third kappa shape index (κ3) is 5.87. The molecule has 1 atom stereocenters. The van der Waals surface area contributed by atoms with Gasteiger partial charge in [0.15, 0.2) is 5.76 Å². The molecule has 1 aromatic carbocycles. The molecule has 2 heterocycles. The number of rotatable bonds is 10. The van der Waals surface area contributed by atoms with E-state index < -0.39 is 0 Å². The van der Waals surface area contributed by atoms with Crippen molar-refractivity contribution in [3.05, 3.63) is 83.6 Å². The van der Waals surface area contributed by atoms with Crippen LogP contribution in [-0.2, 0) is 17.9 Å². The smallest absolute Gasteiger partial charge is 0.287 e. The van der Waals surface area contributed by atoms with Crippen molar-refractivity contribution in [2.75, 3.05) is 6.54 Å². The maximum atomic E-state index is 12.6. The first-order valence-corrected chi connectivity index (χ1v) is 10.9. The van der Waals surface area contributed by atoms with Gasteiger partial charge in [-0.05, 0) is 43.2 Å². The van der Waals surface area contributed by atoms with Crippen LogP contribution in [0.3, 0.4) is 0 Å². The minimum Gasteiger partial charge on any atom is -0.454 e. The van der Waals surface area contributed by atoms with Crippen LogP contribution in [0.2, 0.25) is 0 Å². The highest BCUT2D eigenvalue weighted by Gasteiger charge is 2.17. The van der Waals surface area contributed by atoms with Crippen molar-refractivity contribution in [1.29, 1.82) is 0 Å². The molecular weight excluding hydrogens is 390 g/mol. The second-order valence-electron chi connectivity index (χ2n) is 7.67. The minimum atomic E-state index is -0.238. The van der Waals surface area contributed by atoms with Crippen LogP contribution in [0.5, 0.6) is 0 Å². The Morgan fingerprint density at radius 2 is 1.84 bits per heavy atom. The Kier molecular flexibility index (Phi) is 7.70. The molecule has 0 spiro atoms. The number of carbonyl (C=O) groups is 2. The van der Waals surface area contributed by atoms with E-state index in [1.165, 1.54) is 0 Å². The topological polar surface area (TPSA) is 67.5 Å². The van der Waals surface area contributed by atoms with E-state index in [0.717, 1.165) is 24.2 Å². The molecule has 2 aromatic heterocycles. The van der Waals surface area contributed by atoms with Crippen molar-refractivity contribution in [3.63, 3.8) is 0 Å². The average molecular weight is 422 g/mol. The van der Waals surface area contributed by atoms with Gasteiger partial charge in [0.1, 0.15) is 5.76 Å². The minimum absolute atomic E-state index is 0.112. The summed E-state index contributed by atoms with van der Waals surface area (Å²) >= 11 is 0. The molecule has 0 bridgehead atoms. The molecule has 1 N–H and O–H groups in total. The Labute approximate surface area is 183 Å². The average Bonchev–Trinajstić information content (AvgIpc) is 3.43. The number of benzene rings is 1. The van der Waals surface area contributed by atoms with Crippen molar-refractivity contribution in [2.45, 2.75) is 52.7 Å². The van der Waals surface area contributed by atoms with E-state index >= 15 is 0 Å². The predicted octanol–water partition coefficient (Wildman–Crippen LogP) is 4.77. The first-order chi connectivity index (χ1) is 15.0. The summed E-state index contributed by atoms with van der Waals surface area (Å²) < 4.78 is 7.87. The number of carbonyl (C=O) groups excluding carboxylic acids is 2. The van der Waals surface area contributed by atoms with Gasteiger partial charge in [0.2, 0.25) is 5.91 Å². The van der Waals surface area contributed by atoms with Gasteiger partial charge in [-0.15, -0.1) is 0 Å². The van der Waals surface area contributed by atoms with E-state index in [-0.39, 0.29) is 17.9 Å². The van der Waals surface area contributed by atoms with Crippen LogP contribution in [0, 0.1) is 0 Å². The van der Waals surface area contributed by atoms with Crippen LogP contribution in [0.4, 0.5) is 0 Å². The number of nitrogens with one attached hydrogen (secondary N) is 1. The molecule has 31 heavy (non-hydrogen) atoms. The maximum absolute atomic E-state index is 12.6. The number of aromatic nitrogens is 1. The molecule has 164 valence electrons. The lowest BCUT2D eigenvalue weighted by Crippen LogP contribution is -2.31. The highest BCUT2D eigenvalue weighted by molar-refractivity contribution is 5.91. The molecule has 2 amide bonds. The lowest BCUT2D eigenvalue weighted by molar-refractivity contribution is -0.131. The SMILES string of the molecule is CCCN(Cc1cccn1Cc1ccc(C(=O)N[C@H](C)c2ccccc2)o1)C(=O)CC. The Bertz CT molecular complexity index is 990. The van der Waals surface area contributed by atoms with E-state index in [1.54, 1.807) is 6.07 Å². The van der Waals surface area contributed by atoms with Crippen molar-refractivity contribution >= 4 is 11.8 Å². The fourth-order valence-corrected chi connectivity index (χ4v) is 3.57. The van der Waals surface area contributed by atoms with Crippen molar-refractivity contribution < 1.29 is 14.0 Å². The summed E-state index contributed by atoms with van der Waals surface area (Å²) in [6, 6.07) is 17.2. The number of nitrogens with zero attached hydrogens (tertiary/aromatic N) is 2. The molecule has 3 aromatic rings. The van der Waals surface area contributed by atoms with Gasteiger partial charge in [-0.2, -0.15) is 0 Å². The van der Waals surface area contributed by atoms with E-state index in [2.05, 4.69) is 16.8 Å². The van der Waals surface area contributed by atoms with Gasteiger partial charge < -0.3 is 19.2 Å². The zero-order valence-electron chi connectivity index (χ0n) is 18.5. The summed E-state index contributed by atoms with van der Waals surface area (Å²) in [4.78, 5) is 26.7. The summed E-state index contributed by atoms with van der Waals surface area (Å²) in [6.07, 6.45) is 3.39. The van der Waals surface area contributed by atoms with Crippen molar-refractivity contribution in [2.24, 2.45) is 0 Å². The zero-order chi connectivity index (χ0) is 22.2. The van der Waals surface area contributed by atoms with Gasteiger partial charge in [0.05, 0.1) is 19.1 Å². The maximum Gasteiger partial charge on any atom is 0.287 e. The molecule has 3 rings (SSSR count). The van der Waals surface area contributed by atoms with Crippen LogP contribution in [-0.4, -0.2) is 27.8 Å². The third-order valence-corrected chi connectivity index (χ3v) is 5.28. The molecule has 6 heteroatoms. The van der Waals surface area contributed by atoms with E-state index in [0.29, 0.717) is 31.0 Å². The molecule has 0 fully saturated rings. The van der Waals surface area contributed by atoms with Gasteiger partial charge >= 0.3 is 0 Å².